The molecule has 2 amide bonds. The highest BCUT2D eigenvalue weighted by Gasteiger charge is 2.24. The van der Waals surface area contributed by atoms with E-state index >= 15 is 0 Å². The number of hydrogen-bond acceptors (Lipinski definition) is 3. The minimum Gasteiger partial charge on any atom is -0.491 e. The summed E-state index contributed by atoms with van der Waals surface area (Å²) in [6.07, 6.45) is 0.275. The Balaban J connectivity index is 2.79. The fraction of sp³-hybridized carbons (Fsp3) is 0.429. The largest absolute Gasteiger partial charge is 0.491 e. The van der Waals surface area contributed by atoms with Crippen LogP contribution in [-0.4, -0.2) is 41.7 Å². The maximum atomic E-state index is 13.7. The number of anilines is 1. The number of aliphatic carboxylic acids is 1. The lowest BCUT2D eigenvalue weighted by Gasteiger charge is -2.24. The van der Waals surface area contributed by atoms with Gasteiger partial charge in [0, 0.05) is 18.8 Å². The quantitative estimate of drug-likeness (QED) is 0.846. The van der Waals surface area contributed by atoms with E-state index in [2.05, 4.69) is 5.32 Å². The van der Waals surface area contributed by atoms with Gasteiger partial charge >= 0.3 is 12.0 Å². The van der Waals surface area contributed by atoms with E-state index in [-0.39, 0.29) is 17.9 Å². The van der Waals surface area contributed by atoms with Crippen molar-refractivity contribution in [3.8, 4) is 5.75 Å². The molecular formula is C14H19FN2O4. The summed E-state index contributed by atoms with van der Waals surface area (Å²) < 4.78 is 18.7. The van der Waals surface area contributed by atoms with E-state index in [0.29, 0.717) is 6.61 Å². The predicted octanol–water partition coefficient (Wildman–Crippen LogP) is 2.55. The number of carbonyl (C=O) groups excluding carboxylic acids is 1. The lowest BCUT2D eigenvalue weighted by molar-refractivity contribution is -0.141. The van der Waals surface area contributed by atoms with Gasteiger partial charge in [-0.25, -0.2) is 14.0 Å². The summed E-state index contributed by atoms with van der Waals surface area (Å²) in [7, 11) is 1.38. The Kier molecular flexibility index (Phi) is 5.95. The molecule has 0 aliphatic heterocycles. The zero-order chi connectivity index (χ0) is 16.0. The van der Waals surface area contributed by atoms with Crippen LogP contribution in [0.1, 0.15) is 20.3 Å². The van der Waals surface area contributed by atoms with Crippen molar-refractivity contribution in [3.05, 3.63) is 24.0 Å². The van der Waals surface area contributed by atoms with Gasteiger partial charge in [0.25, 0.3) is 0 Å². The topological polar surface area (TPSA) is 78.9 Å². The van der Waals surface area contributed by atoms with Gasteiger partial charge in [0.15, 0.2) is 11.6 Å². The van der Waals surface area contributed by atoms with Gasteiger partial charge in [-0.15, -0.1) is 0 Å². The molecule has 116 valence electrons. The number of carboxylic acids is 1. The number of urea groups is 1. The second-order valence-corrected chi connectivity index (χ2v) is 4.38. The molecule has 0 aliphatic carbocycles. The summed E-state index contributed by atoms with van der Waals surface area (Å²) in [6, 6.07) is 2.47. The predicted molar refractivity (Wildman–Crippen MR) is 76.1 cm³/mol. The molecule has 7 heteroatoms. The first kappa shape index (κ1) is 16.7. The van der Waals surface area contributed by atoms with Crippen molar-refractivity contribution in [3.63, 3.8) is 0 Å². The number of rotatable bonds is 6. The average molecular weight is 298 g/mol. The minimum absolute atomic E-state index is 0.0980. The van der Waals surface area contributed by atoms with Crippen LogP contribution in [0.15, 0.2) is 18.2 Å². The molecule has 0 saturated heterocycles. The third-order valence-corrected chi connectivity index (χ3v) is 2.94. The molecule has 1 rings (SSSR count). The normalized spacial score (nSPS) is 11.6. The number of carbonyl (C=O) groups is 2. The Hall–Kier alpha value is -2.31. The number of carboxylic acid groups (broad SMARTS) is 1. The Labute approximate surface area is 122 Å². The van der Waals surface area contributed by atoms with Crippen LogP contribution >= 0.6 is 0 Å². The number of nitrogens with zero attached hydrogens (tertiary/aromatic N) is 1. The molecule has 6 nitrogen and oxygen atoms in total. The maximum Gasteiger partial charge on any atom is 0.326 e. The molecule has 1 atom stereocenters. The van der Waals surface area contributed by atoms with E-state index in [1.54, 1.807) is 13.8 Å². The molecule has 1 unspecified atom stereocenters. The van der Waals surface area contributed by atoms with Crippen LogP contribution in [-0.2, 0) is 4.79 Å². The molecule has 0 aliphatic rings. The highest BCUT2D eigenvalue weighted by atomic mass is 19.1. The van der Waals surface area contributed by atoms with E-state index in [4.69, 9.17) is 9.84 Å². The van der Waals surface area contributed by atoms with Crippen molar-refractivity contribution in [1.82, 2.24) is 4.90 Å². The van der Waals surface area contributed by atoms with E-state index in [1.165, 1.54) is 19.2 Å². The monoisotopic (exact) mass is 298 g/mol. The Bertz CT molecular complexity index is 522. The summed E-state index contributed by atoms with van der Waals surface area (Å²) in [5.74, 6) is -1.59. The van der Waals surface area contributed by atoms with Gasteiger partial charge in [0.2, 0.25) is 0 Å². The molecule has 0 aromatic heterocycles. The van der Waals surface area contributed by atoms with Crippen molar-refractivity contribution in [1.29, 1.82) is 0 Å². The highest BCUT2D eigenvalue weighted by Crippen LogP contribution is 2.21. The highest BCUT2D eigenvalue weighted by molar-refractivity contribution is 5.92. The van der Waals surface area contributed by atoms with Crippen LogP contribution < -0.4 is 10.1 Å². The fourth-order valence-electron chi connectivity index (χ4n) is 1.82. The van der Waals surface area contributed by atoms with Crippen molar-refractivity contribution < 1.29 is 23.8 Å². The summed E-state index contributed by atoms with van der Waals surface area (Å²) in [4.78, 5) is 24.0. The molecule has 0 radical (unpaired) electrons. The van der Waals surface area contributed by atoms with Crippen molar-refractivity contribution in [2.45, 2.75) is 26.3 Å². The number of ether oxygens (including phenoxy) is 1. The van der Waals surface area contributed by atoms with Crippen molar-refractivity contribution in [2.24, 2.45) is 0 Å². The standard InChI is InChI=1S/C14H19FN2O4/c1-4-11(13(18)19)17(3)14(20)16-9-6-7-12(21-5-2)10(15)8-9/h6-8,11H,4-5H2,1-3H3,(H,16,20)(H,18,19). The van der Waals surface area contributed by atoms with Crippen molar-refractivity contribution >= 4 is 17.7 Å². The number of amides is 2. The van der Waals surface area contributed by atoms with Crippen LogP contribution in [0.2, 0.25) is 0 Å². The summed E-state index contributed by atoms with van der Waals surface area (Å²) in [5, 5.41) is 11.4. The van der Waals surface area contributed by atoms with Crippen LogP contribution in [0.5, 0.6) is 5.75 Å². The van der Waals surface area contributed by atoms with Gasteiger partial charge in [0.1, 0.15) is 6.04 Å². The van der Waals surface area contributed by atoms with Crippen LogP contribution in [0.4, 0.5) is 14.9 Å². The number of benzene rings is 1. The SMILES string of the molecule is CCOc1ccc(NC(=O)N(C)C(CC)C(=O)O)cc1F. The lowest BCUT2D eigenvalue weighted by Crippen LogP contribution is -2.44. The van der Waals surface area contributed by atoms with Crippen LogP contribution in [0, 0.1) is 5.82 Å². The number of likely N-dealkylation sites (N-methyl/N-ethyl adjacent to an activating group) is 1. The Morgan fingerprint density at radius 2 is 2.10 bits per heavy atom. The zero-order valence-electron chi connectivity index (χ0n) is 12.2. The fourth-order valence-corrected chi connectivity index (χ4v) is 1.82. The van der Waals surface area contributed by atoms with Gasteiger partial charge in [-0.1, -0.05) is 6.92 Å². The van der Waals surface area contributed by atoms with Crippen LogP contribution in [0.3, 0.4) is 0 Å². The Morgan fingerprint density at radius 1 is 1.43 bits per heavy atom. The average Bonchev–Trinajstić information content (AvgIpc) is 2.42. The van der Waals surface area contributed by atoms with Gasteiger partial charge in [-0.2, -0.15) is 0 Å². The third kappa shape index (κ3) is 4.34. The molecule has 21 heavy (non-hydrogen) atoms. The van der Waals surface area contributed by atoms with Gasteiger partial charge in [-0.3, -0.25) is 0 Å². The molecule has 1 aromatic rings. The van der Waals surface area contributed by atoms with Gasteiger partial charge < -0.3 is 20.1 Å². The van der Waals surface area contributed by atoms with Crippen molar-refractivity contribution in [2.75, 3.05) is 19.0 Å². The van der Waals surface area contributed by atoms with E-state index < -0.39 is 23.9 Å². The summed E-state index contributed by atoms with van der Waals surface area (Å²) >= 11 is 0. The number of nitrogens with one attached hydrogen (secondary N) is 1. The lowest BCUT2D eigenvalue weighted by atomic mass is 10.2. The third-order valence-electron chi connectivity index (χ3n) is 2.94. The molecule has 2 N–H and O–H groups in total. The zero-order valence-corrected chi connectivity index (χ0v) is 12.2. The van der Waals surface area contributed by atoms with Gasteiger partial charge in [-0.05, 0) is 25.5 Å². The second kappa shape index (κ2) is 7.47. The molecule has 0 fully saturated rings. The molecule has 1 aromatic carbocycles. The molecule has 0 heterocycles. The van der Waals surface area contributed by atoms with E-state index in [1.807, 2.05) is 0 Å². The number of hydrogen-bond donors (Lipinski definition) is 2. The number of halogens is 1. The van der Waals surface area contributed by atoms with E-state index in [0.717, 1.165) is 11.0 Å². The Morgan fingerprint density at radius 3 is 2.57 bits per heavy atom. The molecule has 0 saturated carbocycles. The summed E-state index contributed by atoms with van der Waals surface area (Å²) in [5.41, 5.74) is 0.230. The first-order valence-electron chi connectivity index (χ1n) is 6.59. The van der Waals surface area contributed by atoms with Crippen LogP contribution in [0.25, 0.3) is 0 Å². The first-order chi connectivity index (χ1) is 9.90. The molecule has 0 spiro atoms. The van der Waals surface area contributed by atoms with Gasteiger partial charge in [0.05, 0.1) is 6.61 Å². The summed E-state index contributed by atoms with van der Waals surface area (Å²) in [6.45, 7) is 3.74. The van der Waals surface area contributed by atoms with E-state index in [9.17, 15) is 14.0 Å². The first-order valence-corrected chi connectivity index (χ1v) is 6.59. The smallest absolute Gasteiger partial charge is 0.326 e. The maximum absolute atomic E-state index is 13.7. The molecule has 0 bridgehead atoms. The minimum atomic E-state index is -1.09. The second-order valence-electron chi connectivity index (χ2n) is 4.38. The molecular weight excluding hydrogens is 279 g/mol.